The third kappa shape index (κ3) is 6.43. The number of rotatable bonds is 8. The normalized spacial score (nSPS) is 12.9. The lowest BCUT2D eigenvalue weighted by Gasteiger charge is -2.21. The Morgan fingerprint density at radius 1 is 1.33 bits per heavy atom. The number of hydrogen-bond donors (Lipinski definition) is 2. The van der Waals surface area contributed by atoms with Crippen molar-refractivity contribution in [1.29, 1.82) is 0 Å². The summed E-state index contributed by atoms with van der Waals surface area (Å²) in [7, 11) is 3.15. The van der Waals surface area contributed by atoms with E-state index in [-0.39, 0.29) is 24.8 Å². The van der Waals surface area contributed by atoms with Gasteiger partial charge in [-0.2, -0.15) is 0 Å². The van der Waals surface area contributed by atoms with Gasteiger partial charge in [0.2, 0.25) is 5.91 Å². The molecule has 0 aliphatic heterocycles. The first kappa shape index (κ1) is 14.3. The lowest BCUT2D eigenvalue weighted by Crippen LogP contribution is -2.44. The van der Waals surface area contributed by atoms with Crippen LogP contribution in [0.5, 0.6) is 0 Å². The van der Waals surface area contributed by atoms with Crippen LogP contribution in [0.25, 0.3) is 0 Å². The lowest BCUT2D eigenvalue weighted by molar-refractivity contribution is -0.126. The Morgan fingerprint density at radius 2 is 1.93 bits per heavy atom. The molecule has 0 spiro atoms. The van der Waals surface area contributed by atoms with Crippen molar-refractivity contribution in [3.05, 3.63) is 0 Å². The maximum Gasteiger partial charge on any atom is 0.233 e. The molecule has 0 saturated carbocycles. The molecule has 0 aromatic carbocycles. The van der Waals surface area contributed by atoms with E-state index in [2.05, 4.69) is 10.6 Å². The molecule has 0 radical (unpaired) electrons. The molecule has 0 aliphatic carbocycles. The van der Waals surface area contributed by atoms with Crippen molar-refractivity contribution in [3.63, 3.8) is 0 Å². The summed E-state index contributed by atoms with van der Waals surface area (Å²) in [5.74, 6) is -0.00495. The fourth-order valence-electron chi connectivity index (χ4n) is 1.18. The molecule has 2 N–H and O–H groups in total. The molecular formula is C10H22N2O3. The molecule has 0 heterocycles. The topological polar surface area (TPSA) is 59.6 Å². The molecule has 0 aliphatic rings. The van der Waals surface area contributed by atoms with E-state index in [9.17, 15) is 4.79 Å². The Bertz CT molecular complexity index is 172. The molecule has 0 rings (SSSR count). The van der Waals surface area contributed by atoms with Crippen molar-refractivity contribution in [1.82, 2.24) is 10.6 Å². The smallest absolute Gasteiger partial charge is 0.233 e. The zero-order chi connectivity index (χ0) is 11.7. The maximum atomic E-state index is 11.3. The zero-order valence-electron chi connectivity index (χ0n) is 10.0. The minimum Gasteiger partial charge on any atom is -0.355 e. The second-order valence-electron chi connectivity index (χ2n) is 3.36. The Morgan fingerprint density at radius 3 is 2.40 bits per heavy atom. The van der Waals surface area contributed by atoms with Crippen molar-refractivity contribution in [2.75, 3.05) is 27.3 Å². The highest BCUT2D eigenvalue weighted by Crippen LogP contribution is 1.97. The van der Waals surface area contributed by atoms with Crippen LogP contribution in [-0.2, 0) is 14.3 Å². The summed E-state index contributed by atoms with van der Waals surface area (Å²) in [5, 5.41) is 5.81. The number of carbonyl (C=O) groups excluding carboxylic acids is 1. The monoisotopic (exact) mass is 218 g/mol. The summed E-state index contributed by atoms with van der Waals surface area (Å²) >= 11 is 0. The number of methoxy groups -OCH3 is 2. The molecule has 5 nitrogen and oxygen atoms in total. The van der Waals surface area contributed by atoms with Gasteiger partial charge in [0.25, 0.3) is 0 Å². The molecule has 0 bridgehead atoms. The van der Waals surface area contributed by atoms with Gasteiger partial charge in [0.15, 0.2) is 6.29 Å². The van der Waals surface area contributed by atoms with Crippen molar-refractivity contribution in [2.45, 2.75) is 32.6 Å². The predicted octanol–water partition coefficient (Wildman–Crippen LogP) is 0.110. The molecule has 15 heavy (non-hydrogen) atoms. The van der Waals surface area contributed by atoms with Gasteiger partial charge in [-0.1, -0.05) is 6.92 Å². The Labute approximate surface area is 91.5 Å². The average Bonchev–Trinajstić information content (AvgIpc) is 2.25. The predicted molar refractivity (Wildman–Crippen MR) is 58.6 cm³/mol. The number of amides is 1. The van der Waals surface area contributed by atoms with Crippen molar-refractivity contribution < 1.29 is 14.3 Å². The van der Waals surface area contributed by atoms with Gasteiger partial charge in [0, 0.05) is 20.8 Å². The van der Waals surface area contributed by atoms with Gasteiger partial charge in [0.1, 0.15) is 0 Å². The molecule has 0 saturated heterocycles. The van der Waals surface area contributed by atoms with Crippen LogP contribution in [0.15, 0.2) is 0 Å². The summed E-state index contributed by atoms with van der Waals surface area (Å²) < 4.78 is 10.1. The standard InChI is InChI=1S/C10H22N2O3/c1-5-6-11-9(13)7-12-8(2)10(14-3)15-4/h8,10,12H,5-7H2,1-4H3,(H,11,13). The quantitative estimate of drug-likeness (QED) is 0.568. The Balaban J connectivity index is 3.68. The first-order chi connectivity index (χ1) is 7.15. The summed E-state index contributed by atoms with van der Waals surface area (Å²) in [6.45, 7) is 4.92. The Hall–Kier alpha value is -0.650. The minimum absolute atomic E-state index is 0.00495. The molecule has 1 atom stereocenters. The average molecular weight is 218 g/mol. The van der Waals surface area contributed by atoms with E-state index in [4.69, 9.17) is 9.47 Å². The fraction of sp³-hybridized carbons (Fsp3) is 0.900. The highest BCUT2D eigenvalue weighted by atomic mass is 16.7. The zero-order valence-corrected chi connectivity index (χ0v) is 10.0. The van der Waals surface area contributed by atoms with Gasteiger partial charge in [-0.25, -0.2) is 0 Å². The van der Waals surface area contributed by atoms with Gasteiger partial charge in [-0.15, -0.1) is 0 Å². The van der Waals surface area contributed by atoms with E-state index in [1.54, 1.807) is 14.2 Å². The van der Waals surface area contributed by atoms with Crippen LogP contribution in [0.3, 0.4) is 0 Å². The number of hydrogen-bond acceptors (Lipinski definition) is 4. The summed E-state index contributed by atoms with van der Waals surface area (Å²) in [6, 6.07) is -0.0209. The molecule has 0 aromatic rings. The van der Waals surface area contributed by atoms with Crippen LogP contribution in [0.2, 0.25) is 0 Å². The molecule has 90 valence electrons. The summed E-state index contributed by atoms with van der Waals surface area (Å²) in [5.41, 5.74) is 0. The van der Waals surface area contributed by atoms with Crippen LogP contribution in [0.4, 0.5) is 0 Å². The highest BCUT2D eigenvalue weighted by Gasteiger charge is 2.15. The number of ether oxygens (including phenoxy) is 2. The van der Waals surface area contributed by atoms with Gasteiger partial charge in [-0.3, -0.25) is 4.79 Å². The van der Waals surface area contributed by atoms with Gasteiger partial charge >= 0.3 is 0 Å². The van der Waals surface area contributed by atoms with E-state index in [1.165, 1.54) is 0 Å². The van der Waals surface area contributed by atoms with Crippen LogP contribution in [-0.4, -0.2) is 45.5 Å². The van der Waals surface area contributed by atoms with Crippen molar-refractivity contribution >= 4 is 5.91 Å². The second kappa shape index (κ2) is 8.64. The fourth-order valence-corrected chi connectivity index (χ4v) is 1.18. The van der Waals surface area contributed by atoms with Crippen LogP contribution < -0.4 is 10.6 Å². The third-order valence-corrected chi connectivity index (χ3v) is 2.03. The Kier molecular flexibility index (Phi) is 8.27. The lowest BCUT2D eigenvalue weighted by atomic mass is 10.3. The molecule has 0 aromatic heterocycles. The van der Waals surface area contributed by atoms with Crippen LogP contribution >= 0.6 is 0 Å². The van der Waals surface area contributed by atoms with Crippen molar-refractivity contribution in [2.24, 2.45) is 0 Å². The van der Waals surface area contributed by atoms with E-state index < -0.39 is 0 Å². The SMILES string of the molecule is CCCNC(=O)CNC(C)C(OC)OC. The number of carbonyl (C=O) groups is 1. The molecule has 5 heteroatoms. The van der Waals surface area contributed by atoms with Crippen LogP contribution in [0.1, 0.15) is 20.3 Å². The van der Waals surface area contributed by atoms with E-state index in [1.807, 2.05) is 13.8 Å². The first-order valence-electron chi connectivity index (χ1n) is 5.21. The maximum absolute atomic E-state index is 11.3. The van der Waals surface area contributed by atoms with Crippen molar-refractivity contribution in [3.8, 4) is 0 Å². The third-order valence-electron chi connectivity index (χ3n) is 2.03. The molecule has 1 unspecified atom stereocenters. The largest absolute Gasteiger partial charge is 0.355 e. The summed E-state index contributed by atoms with van der Waals surface area (Å²) in [6.07, 6.45) is 0.615. The number of nitrogens with one attached hydrogen (secondary N) is 2. The van der Waals surface area contributed by atoms with E-state index in [0.29, 0.717) is 6.54 Å². The molecule has 0 fully saturated rings. The van der Waals surface area contributed by atoms with E-state index in [0.717, 1.165) is 6.42 Å². The van der Waals surface area contributed by atoms with Crippen LogP contribution in [0, 0.1) is 0 Å². The molecule has 1 amide bonds. The summed E-state index contributed by atoms with van der Waals surface area (Å²) in [4.78, 5) is 11.3. The first-order valence-corrected chi connectivity index (χ1v) is 5.21. The van der Waals surface area contributed by atoms with E-state index >= 15 is 0 Å². The van der Waals surface area contributed by atoms with Gasteiger partial charge < -0.3 is 20.1 Å². The van der Waals surface area contributed by atoms with Gasteiger partial charge in [-0.05, 0) is 13.3 Å². The molecular weight excluding hydrogens is 196 g/mol. The highest BCUT2D eigenvalue weighted by molar-refractivity contribution is 5.77. The second-order valence-corrected chi connectivity index (χ2v) is 3.36. The van der Waals surface area contributed by atoms with Gasteiger partial charge in [0.05, 0.1) is 12.6 Å². The minimum atomic E-state index is -0.330.